The van der Waals surface area contributed by atoms with Crippen molar-refractivity contribution in [3.63, 3.8) is 0 Å². The predicted octanol–water partition coefficient (Wildman–Crippen LogP) is 3.23. The Labute approximate surface area is 136 Å². The van der Waals surface area contributed by atoms with E-state index in [2.05, 4.69) is 4.98 Å². The zero-order valence-corrected chi connectivity index (χ0v) is 13.7. The summed E-state index contributed by atoms with van der Waals surface area (Å²) in [5.74, 6) is -0.774. The molecule has 1 saturated heterocycles. The van der Waals surface area contributed by atoms with Gasteiger partial charge in [-0.2, -0.15) is 0 Å². The van der Waals surface area contributed by atoms with Crippen LogP contribution in [0.25, 0.3) is 0 Å². The molecule has 22 heavy (non-hydrogen) atoms. The summed E-state index contributed by atoms with van der Waals surface area (Å²) >= 11 is 2.69. The maximum Gasteiger partial charge on any atom is 0.345 e. The summed E-state index contributed by atoms with van der Waals surface area (Å²) in [6.45, 7) is 3.36. The molecule has 1 aliphatic heterocycles. The second-order valence-electron chi connectivity index (χ2n) is 5.39. The number of hydrogen-bond donors (Lipinski definition) is 1. The minimum absolute atomic E-state index is 0.0736. The van der Waals surface area contributed by atoms with Crippen molar-refractivity contribution < 1.29 is 14.7 Å². The number of amides is 1. The first kappa shape index (κ1) is 15.2. The number of thiazole rings is 1. The summed E-state index contributed by atoms with van der Waals surface area (Å²) < 4.78 is 0. The molecule has 1 N–H and O–H groups in total. The number of carboxylic acids is 1. The molecule has 7 heteroatoms. The van der Waals surface area contributed by atoms with Gasteiger partial charge in [0.05, 0.1) is 9.88 Å². The van der Waals surface area contributed by atoms with Gasteiger partial charge in [0.25, 0.3) is 5.91 Å². The maximum absolute atomic E-state index is 12.5. The standard InChI is InChI=1S/C15H16N2O3S2/c1-9-8-21-13(16-9)10-3-2-6-17(7-10)14(18)11-4-5-12(22-11)15(19)20/h4-5,8,10H,2-3,6-7H2,1H3,(H,19,20)/t10-/m0/s1. The lowest BCUT2D eigenvalue weighted by atomic mass is 9.98. The minimum atomic E-state index is -0.987. The highest BCUT2D eigenvalue weighted by molar-refractivity contribution is 7.15. The molecule has 1 atom stereocenters. The Hall–Kier alpha value is -1.73. The van der Waals surface area contributed by atoms with Gasteiger partial charge in [0.15, 0.2) is 0 Å². The fourth-order valence-electron chi connectivity index (χ4n) is 2.65. The number of hydrogen-bond acceptors (Lipinski definition) is 5. The number of aromatic carboxylic acids is 1. The second kappa shape index (κ2) is 6.18. The SMILES string of the molecule is Cc1csc([C@H]2CCCN(C(=O)c3ccc(C(=O)O)s3)C2)n1. The van der Waals surface area contributed by atoms with Crippen LogP contribution in [0.2, 0.25) is 0 Å². The van der Waals surface area contributed by atoms with E-state index in [-0.39, 0.29) is 16.7 Å². The molecule has 3 heterocycles. The van der Waals surface area contributed by atoms with Gasteiger partial charge in [0, 0.05) is 30.1 Å². The van der Waals surface area contributed by atoms with Crippen LogP contribution in [0.4, 0.5) is 0 Å². The molecule has 0 aromatic carbocycles. The zero-order valence-electron chi connectivity index (χ0n) is 12.1. The summed E-state index contributed by atoms with van der Waals surface area (Å²) in [4.78, 5) is 30.5. The van der Waals surface area contributed by atoms with E-state index in [0.717, 1.165) is 41.4 Å². The van der Waals surface area contributed by atoms with Crippen molar-refractivity contribution in [3.05, 3.63) is 38.0 Å². The topological polar surface area (TPSA) is 70.5 Å². The lowest BCUT2D eigenvalue weighted by Crippen LogP contribution is -2.38. The Morgan fingerprint density at radius 2 is 2.14 bits per heavy atom. The number of carbonyl (C=O) groups excluding carboxylic acids is 1. The van der Waals surface area contributed by atoms with Crippen LogP contribution >= 0.6 is 22.7 Å². The molecule has 5 nitrogen and oxygen atoms in total. The Bertz CT molecular complexity index is 707. The summed E-state index contributed by atoms with van der Waals surface area (Å²) in [5, 5.41) is 12.1. The molecule has 0 aliphatic carbocycles. The number of carbonyl (C=O) groups is 2. The highest BCUT2D eigenvalue weighted by atomic mass is 32.1. The highest BCUT2D eigenvalue weighted by Gasteiger charge is 2.28. The molecule has 0 saturated carbocycles. The lowest BCUT2D eigenvalue weighted by molar-refractivity contribution is 0.0698. The molecule has 1 amide bonds. The van der Waals surface area contributed by atoms with Crippen molar-refractivity contribution in [1.29, 1.82) is 0 Å². The quantitative estimate of drug-likeness (QED) is 0.934. The van der Waals surface area contributed by atoms with E-state index in [1.165, 1.54) is 6.07 Å². The largest absolute Gasteiger partial charge is 0.477 e. The molecule has 0 spiro atoms. The normalized spacial score (nSPS) is 18.4. The Morgan fingerprint density at radius 1 is 1.36 bits per heavy atom. The van der Waals surface area contributed by atoms with Crippen LogP contribution in [0.15, 0.2) is 17.5 Å². The van der Waals surface area contributed by atoms with Crippen molar-refractivity contribution in [2.24, 2.45) is 0 Å². The third kappa shape index (κ3) is 3.05. The van der Waals surface area contributed by atoms with E-state index < -0.39 is 5.97 Å². The van der Waals surface area contributed by atoms with E-state index in [0.29, 0.717) is 11.4 Å². The van der Waals surface area contributed by atoms with Crippen LogP contribution in [-0.4, -0.2) is 40.0 Å². The first-order valence-corrected chi connectivity index (χ1v) is 8.78. The third-order valence-electron chi connectivity index (χ3n) is 3.72. The van der Waals surface area contributed by atoms with Gasteiger partial charge >= 0.3 is 5.97 Å². The number of rotatable bonds is 3. The molecule has 2 aromatic heterocycles. The molecule has 0 bridgehead atoms. The number of aromatic nitrogens is 1. The van der Waals surface area contributed by atoms with Gasteiger partial charge in [-0.1, -0.05) is 0 Å². The number of likely N-dealkylation sites (tertiary alicyclic amines) is 1. The van der Waals surface area contributed by atoms with Gasteiger partial charge < -0.3 is 10.0 Å². The van der Waals surface area contributed by atoms with Crippen molar-refractivity contribution >= 4 is 34.6 Å². The maximum atomic E-state index is 12.5. The molecular formula is C15H16N2O3S2. The van der Waals surface area contributed by atoms with Crippen LogP contribution in [0.5, 0.6) is 0 Å². The van der Waals surface area contributed by atoms with Crippen molar-refractivity contribution in [3.8, 4) is 0 Å². The van der Waals surface area contributed by atoms with Crippen LogP contribution in [0.3, 0.4) is 0 Å². The summed E-state index contributed by atoms with van der Waals surface area (Å²) in [6.07, 6.45) is 1.99. The van der Waals surface area contributed by atoms with Crippen LogP contribution in [0.1, 0.15) is 48.8 Å². The van der Waals surface area contributed by atoms with Gasteiger partial charge in [-0.3, -0.25) is 4.79 Å². The van der Waals surface area contributed by atoms with Gasteiger partial charge in [-0.25, -0.2) is 9.78 Å². The van der Waals surface area contributed by atoms with Crippen molar-refractivity contribution in [2.75, 3.05) is 13.1 Å². The number of piperidine rings is 1. The number of aryl methyl sites for hydroxylation is 1. The Balaban J connectivity index is 1.73. The number of carboxylic acid groups (broad SMARTS) is 1. The molecule has 0 unspecified atom stereocenters. The fraction of sp³-hybridized carbons (Fsp3) is 0.400. The van der Waals surface area contributed by atoms with E-state index in [9.17, 15) is 9.59 Å². The molecule has 116 valence electrons. The van der Waals surface area contributed by atoms with Gasteiger partial charge in [0.1, 0.15) is 4.88 Å². The molecular weight excluding hydrogens is 320 g/mol. The highest BCUT2D eigenvalue weighted by Crippen LogP contribution is 2.30. The van der Waals surface area contributed by atoms with E-state index in [4.69, 9.17) is 5.11 Å². The van der Waals surface area contributed by atoms with Gasteiger partial charge in [-0.15, -0.1) is 22.7 Å². The monoisotopic (exact) mass is 336 g/mol. The number of thiophene rings is 1. The average Bonchev–Trinajstić information content (AvgIpc) is 3.15. The summed E-state index contributed by atoms with van der Waals surface area (Å²) in [6, 6.07) is 3.10. The predicted molar refractivity (Wildman–Crippen MR) is 86.0 cm³/mol. The first-order chi connectivity index (χ1) is 10.5. The van der Waals surface area contributed by atoms with Crippen molar-refractivity contribution in [1.82, 2.24) is 9.88 Å². The smallest absolute Gasteiger partial charge is 0.345 e. The first-order valence-electron chi connectivity index (χ1n) is 7.09. The van der Waals surface area contributed by atoms with E-state index in [1.54, 1.807) is 17.4 Å². The molecule has 3 rings (SSSR count). The van der Waals surface area contributed by atoms with Crippen LogP contribution in [-0.2, 0) is 0 Å². The Kier molecular flexibility index (Phi) is 4.26. The fourth-order valence-corrected chi connectivity index (χ4v) is 4.38. The molecule has 2 aromatic rings. The second-order valence-corrected chi connectivity index (χ2v) is 7.36. The van der Waals surface area contributed by atoms with Crippen LogP contribution in [0, 0.1) is 6.92 Å². The van der Waals surface area contributed by atoms with Gasteiger partial charge in [0.2, 0.25) is 0 Å². The zero-order chi connectivity index (χ0) is 15.7. The summed E-state index contributed by atoms with van der Waals surface area (Å²) in [5.41, 5.74) is 1.02. The average molecular weight is 336 g/mol. The third-order valence-corrected chi connectivity index (χ3v) is 5.91. The van der Waals surface area contributed by atoms with Crippen LogP contribution < -0.4 is 0 Å². The minimum Gasteiger partial charge on any atom is -0.477 e. The molecule has 1 aliphatic rings. The van der Waals surface area contributed by atoms with E-state index >= 15 is 0 Å². The lowest BCUT2D eigenvalue weighted by Gasteiger charge is -2.31. The number of nitrogens with zero attached hydrogens (tertiary/aromatic N) is 2. The summed E-state index contributed by atoms with van der Waals surface area (Å²) in [7, 11) is 0. The molecule has 0 radical (unpaired) electrons. The molecule has 1 fully saturated rings. The Morgan fingerprint density at radius 3 is 2.77 bits per heavy atom. The van der Waals surface area contributed by atoms with E-state index in [1.807, 2.05) is 17.2 Å². The van der Waals surface area contributed by atoms with Crippen molar-refractivity contribution in [2.45, 2.75) is 25.7 Å². The van der Waals surface area contributed by atoms with Gasteiger partial charge in [-0.05, 0) is 31.9 Å².